The molecular weight excluding hydrogens is 400 g/mol. The van der Waals surface area contributed by atoms with Crippen molar-refractivity contribution in [1.82, 2.24) is 19.2 Å². The van der Waals surface area contributed by atoms with Gasteiger partial charge < -0.3 is 9.88 Å². The number of hydrogen-bond acceptors (Lipinski definition) is 4. The van der Waals surface area contributed by atoms with Gasteiger partial charge in [0.15, 0.2) is 0 Å². The van der Waals surface area contributed by atoms with Gasteiger partial charge in [0.1, 0.15) is 5.82 Å². The zero-order valence-electron chi connectivity index (χ0n) is 18.0. The predicted octanol–water partition coefficient (Wildman–Crippen LogP) is 2.94. The number of imidazole rings is 1. The van der Waals surface area contributed by atoms with Gasteiger partial charge >= 0.3 is 0 Å². The van der Waals surface area contributed by atoms with Gasteiger partial charge in [-0.05, 0) is 43.2 Å². The molecule has 0 spiro atoms. The summed E-state index contributed by atoms with van der Waals surface area (Å²) in [6.07, 6.45) is 0.767. The summed E-state index contributed by atoms with van der Waals surface area (Å²) in [6, 6.07) is 12.8. The maximum absolute atomic E-state index is 12.5. The molecule has 1 amide bonds. The average molecular weight is 429 g/mol. The van der Waals surface area contributed by atoms with E-state index in [4.69, 9.17) is 0 Å². The second-order valence-electron chi connectivity index (χ2n) is 7.67. The number of amides is 1. The molecule has 160 valence electrons. The van der Waals surface area contributed by atoms with E-state index in [-0.39, 0.29) is 16.8 Å². The highest BCUT2D eigenvalue weighted by Gasteiger charge is 2.19. The van der Waals surface area contributed by atoms with Crippen LogP contribution in [0, 0.1) is 6.92 Å². The third kappa shape index (κ3) is 4.39. The lowest BCUT2D eigenvalue weighted by Crippen LogP contribution is -2.27. The number of rotatable bonds is 7. The molecule has 2 aromatic carbocycles. The molecule has 1 unspecified atom stereocenters. The predicted molar refractivity (Wildman–Crippen MR) is 118 cm³/mol. The Morgan fingerprint density at radius 2 is 1.90 bits per heavy atom. The SMILES string of the molecule is Cc1ccccc1C(C)NC(=O)CCc1nc2cc(S(=O)(=O)N(C)C)ccc2n1C. The lowest BCUT2D eigenvalue weighted by atomic mass is 10.0. The molecule has 7 nitrogen and oxygen atoms in total. The van der Waals surface area contributed by atoms with Crippen LogP contribution in [0.1, 0.15) is 36.3 Å². The maximum atomic E-state index is 12.5. The smallest absolute Gasteiger partial charge is 0.242 e. The van der Waals surface area contributed by atoms with Crippen LogP contribution in [0.4, 0.5) is 0 Å². The largest absolute Gasteiger partial charge is 0.350 e. The van der Waals surface area contributed by atoms with Gasteiger partial charge in [0.2, 0.25) is 15.9 Å². The summed E-state index contributed by atoms with van der Waals surface area (Å²) in [5.74, 6) is 0.691. The van der Waals surface area contributed by atoms with Gasteiger partial charge in [-0.3, -0.25) is 4.79 Å². The van der Waals surface area contributed by atoms with E-state index in [1.807, 2.05) is 49.7 Å². The number of benzene rings is 2. The van der Waals surface area contributed by atoms with Crippen LogP contribution in [0.2, 0.25) is 0 Å². The summed E-state index contributed by atoms with van der Waals surface area (Å²) in [4.78, 5) is 17.2. The zero-order chi connectivity index (χ0) is 22.1. The van der Waals surface area contributed by atoms with Crippen molar-refractivity contribution in [2.24, 2.45) is 7.05 Å². The van der Waals surface area contributed by atoms with Crippen LogP contribution in [-0.2, 0) is 28.3 Å². The van der Waals surface area contributed by atoms with Gasteiger partial charge in [-0.15, -0.1) is 0 Å². The van der Waals surface area contributed by atoms with E-state index in [9.17, 15) is 13.2 Å². The molecule has 0 saturated carbocycles. The van der Waals surface area contributed by atoms with Crippen LogP contribution in [0.3, 0.4) is 0 Å². The maximum Gasteiger partial charge on any atom is 0.242 e. The number of carbonyl (C=O) groups excluding carboxylic acids is 1. The third-order valence-corrected chi connectivity index (χ3v) is 7.14. The first-order chi connectivity index (χ1) is 14.1. The molecule has 0 radical (unpaired) electrons. The fourth-order valence-corrected chi connectivity index (χ4v) is 4.44. The molecule has 0 fully saturated rings. The standard InChI is InChI=1S/C22H28N4O3S/c1-15-8-6-7-9-18(15)16(2)23-22(27)13-12-21-24-19-14-17(30(28,29)25(3)4)10-11-20(19)26(21)5/h6-11,14,16H,12-13H2,1-5H3,(H,23,27). The Balaban J connectivity index is 1.72. The first kappa shape index (κ1) is 22.0. The zero-order valence-corrected chi connectivity index (χ0v) is 18.8. The fourth-order valence-electron chi connectivity index (χ4n) is 3.51. The van der Waals surface area contributed by atoms with E-state index in [1.54, 1.807) is 18.2 Å². The fraction of sp³-hybridized carbons (Fsp3) is 0.364. The van der Waals surface area contributed by atoms with Gasteiger partial charge in [-0.2, -0.15) is 0 Å². The van der Waals surface area contributed by atoms with E-state index < -0.39 is 10.0 Å². The van der Waals surface area contributed by atoms with Crippen molar-refractivity contribution >= 4 is 27.0 Å². The van der Waals surface area contributed by atoms with Crippen LogP contribution < -0.4 is 5.32 Å². The van der Waals surface area contributed by atoms with Crippen molar-refractivity contribution in [3.8, 4) is 0 Å². The molecule has 0 aliphatic heterocycles. The summed E-state index contributed by atoms with van der Waals surface area (Å²) >= 11 is 0. The lowest BCUT2D eigenvalue weighted by Gasteiger charge is -2.16. The molecule has 8 heteroatoms. The van der Waals surface area contributed by atoms with Gasteiger partial charge in [-0.25, -0.2) is 17.7 Å². The highest BCUT2D eigenvalue weighted by molar-refractivity contribution is 7.89. The van der Waals surface area contributed by atoms with Crippen molar-refractivity contribution in [3.63, 3.8) is 0 Å². The molecule has 1 N–H and O–H groups in total. The van der Waals surface area contributed by atoms with Gasteiger partial charge in [0.05, 0.1) is 22.0 Å². The van der Waals surface area contributed by atoms with Crippen LogP contribution >= 0.6 is 0 Å². The number of aromatic nitrogens is 2. The molecular formula is C22H28N4O3S. The summed E-state index contributed by atoms with van der Waals surface area (Å²) in [5.41, 5.74) is 3.67. The molecule has 0 saturated heterocycles. The quantitative estimate of drug-likeness (QED) is 0.627. The molecule has 3 rings (SSSR count). The van der Waals surface area contributed by atoms with E-state index in [0.717, 1.165) is 22.5 Å². The van der Waals surface area contributed by atoms with E-state index in [0.29, 0.717) is 18.4 Å². The van der Waals surface area contributed by atoms with E-state index >= 15 is 0 Å². The number of hydrogen-bond donors (Lipinski definition) is 1. The molecule has 0 bridgehead atoms. The number of nitrogens with one attached hydrogen (secondary N) is 1. The van der Waals surface area contributed by atoms with Crippen molar-refractivity contribution in [2.45, 2.75) is 37.6 Å². The normalized spacial score (nSPS) is 13.0. The van der Waals surface area contributed by atoms with E-state index in [1.165, 1.54) is 18.4 Å². The van der Waals surface area contributed by atoms with E-state index in [2.05, 4.69) is 10.3 Å². The Morgan fingerprint density at radius 1 is 1.20 bits per heavy atom. The summed E-state index contributed by atoms with van der Waals surface area (Å²) in [5, 5.41) is 3.04. The highest BCUT2D eigenvalue weighted by atomic mass is 32.2. The first-order valence-electron chi connectivity index (χ1n) is 9.84. The highest BCUT2D eigenvalue weighted by Crippen LogP contribution is 2.22. The molecule has 30 heavy (non-hydrogen) atoms. The number of carbonyl (C=O) groups is 1. The molecule has 1 heterocycles. The van der Waals surface area contributed by atoms with Crippen molar-refractivity contribution < 1.29 is 13.2 Å². The monoisotopic (exact) mass is 428 g/mol. The Kier molecular flexibility index (Phi) is 6.28. The second kappa shape index (κ2) is 8.57. The lowest BCUT2D eigenvalue weighted by molar-refractivity contribution is -0.121. The Hall–Kier alpha value is -2.71. The van der Waals surface area contributed by atoms with Crippen LogP contribution in [0.15, 0.2) is 47.4 Å². The summed E-state index contributed by atoms with van der Waals surface area (Å²) in [7, 11) is 1.35. The molecule has 0 aliphatic carbocycles. The molecule has 3 aromatic rings. The Bertz CT molecular complexity index is 1180. The van der Waals surface area contributed by atoms with Crippen LogP contribution in [-0.4, -0.2) is 42.3 Å². The minimum Gasteiger partial charge on any atom is -0.350 e. The van der Waals surface area contributed by atoms with Crippen molar-refractivity contribution in [3.05, 3.63) is 59.4 Å². The average Bonchev–Trinajstić information content (AvgIpc) is 3.01. The third-order valence-electron chi connectivity index (χ3n) is 5.33. The van der Waals surface area contributed by atoms with Crippen LogP contribution in [0.5, 0.6) is 0 Å². The minimum absolute atomic E-state index is 0.0475. The minimum atomic E-state index is -3.52. The van der Waals surface area contributed by atoms with Gasteiger partial charge in [0, 0.05) is 34.0 Å². The molecule has 1 atom stereocenters. The Morgan fingerprint density at radius 3 is 2.57 bits per heavy atom. The summed E-state index contributed by atoms with van der Waals surface area (Å²) < 4.78 is 27.8. The van der Waals surface area contributed by atoms with Gasteiger partial charge in [0.25, 0.3) is 0 Å². The summed E-state index contributed by atoms with van der Waals surface area (Å²) in [6.45, 7) is 4.00. The Labute approximate surface area is 177 Å². The second-order valence-corrected chi connectivity index (χ2v) is 9.82. The van der Waals surface area contributed by atoms with Crippen molar-refractivity contribution in [1.29, 1.82) is 0 Å². The van der Waals surface area contributed by atoms with Crippen molar-refractivity contribution in [2.75, 3.05) is 14.1 Å². The van der Waals surface area contributed by atoms with Gasteiger partial charge in [-0.1, -0.05) is 24.3 Å². The number of nitrogens with zero attached hydrogens (tertiary/aromatic N) is 3. The molecule has 1 aromatic heterocycles. The topological polar surface area (TPSA) is 84.3 Å². The number of sulfonamides is 1. The number of aryl methyl sites for hydroxylation is 3. The molecule has 0 aliphatic rings. The number of fused-ring (bicyclic) bond motifs is 1. The van der Waals surface area contributed by atoms with Crippen LogP contribution in [0.25, 0.3) is 11.0 Å². The first-order valence-corrected chi connectivity index (χ1v) is 11.3.